The Morgan fingerprint density at radius 3 is 2.27 bits per heavy atom. The third kappa shape index (κ3) is 8.88. The molecule has 1 N–H and O–H groups in total. The van der Waals surface area contributed by atoms with Crippen LogP contribution in [0.2, 0.25) is 0 Å². The van der Waals surface area contributed by atoms with Crippen LogP contribution < -0.4 is 5.32 Å². The maximum Gasteiger partial charge on any atom is 0.0587 e. The van der Waals surface area contributed by atoms with Gasteiger partial charge in [-0.25, -0.2) is 0 Å². The predicted octanol–water partition coefficient (Wildman–Crippen LogP) is 3.07. The normalized spacial score (nSPS) is 15.6. The number of ether oxygens (including phenoxy) is 1. The Bertz CT molecular complexity index is 136. The first-order valence-corrected chi connectivity index (χ1v) is 6.30. The maximum absolute atomic E-state index is 5.02. The molecule has 0 saturated heterocycles. The van der Waals surface area contributed by atoms with Crippen molar-refractivity contribution in [3.8, 4) is 0 Å². The number of hydrogen-bond donors (Lipinski definition) is 1. The summed E-state index contributed by atoms with van der Waals surface area (Å²) in [4.78, 5) is 0. The Balaban J connectivity index is 3.46. The molecule has 0 aliphatic rings. The van der Waals surface area contributed by atoms with Crippen LogP contribution in [0.1, 0.15) is 47.0 Å². The minimum absolute atomic E-state index is 0.604. The molecule has 0 aromatic carbocycles. The van der Waals surface area contributed by atoms with Gasteiger partial charge in [0.05, 0.1) is 6.61 Å². The van der Waals surface area contributed by atoms with Crippen molar-refractivity contribution < 1.29 is 4.74 Å². The van der Waals surface area contributed by atoms with E-state index in [0.717, 1.165) is 25.0 Å². The van der Waals surface area contributed by atoms with Gasteiger partial charge in [-0.15, -0.1) is 0 Å². The van der Waals surface area contributed by atoms with Gasteiger partial charge in [-0.2, -0.15) is 0 Å². The first-order chi connectivity index (χ1) is 7.07. The first-order valence-electron chi connectivity index (χ1n) is 6.30. The summed E-state index contributed by atoms with van der Waals surface area (Å²) in [6.45, 7) is 11.0. The van der Waals surface area contributed by atoms with Crippen LogP contribution in [-0.2, 0) is 4.74 Å². The topological polar surface area (TPSA) is 21.3 Å². The van der Waals surface area contributed by atoms with Gasteiger partial charge >= 0.3 is 0 Å². The molecule has 2 nitrogen and oxygen atoms in total. The van der Waals surface area contributed by atoms with E-state index in [-0.39, 0.29) is 0 Å². The van der Waals surface area contributed by atoms with E-state index in [1.165, 1.54) is 19.3 Å². The fourth-order valence-corrected chi connectivity index (χ4v) is 1.69. The molecule has 0 fully saturated rings. The van der Waals surface area contributed by atoms with Crippen molar-refractivity contribution in [1.29, 1.82) is 0 Å². The molecule has 0 bridgehead atoms. The molecule has 0 amide bonds. The monoisotopic (exact) mass is 215 g/mol. The molecular formula is C13H29NO. The average Bonchev–Trinajstić information content (AvgIpc) is 2.17. The number of hydrogen-bond acceptors (Lipinski definition) is 2. The smallest absolute Gasteiger partial charge is 0.0587 e. The van der Waals surface area contributed by atoms with E-state index in [2.05, 4.69) is 33.0 Å². The van der Waals surface area contributed by atoms with Crippen LogP contribution in [0.4, 0.5) is 0 Å². The van der Waals surface area contributed by atoms with E-state index in [1.54, 1.807) is 7.11 Å². The van der Waals surface area contributed by atoms with Crippen molar-refractivity contribution in [3.63, 3.8) is 0 Å². The van der Waals surface area contributed by atoms with Gasteiger partial charge in [-0.3, -0.25) is 0 Å². The third-order valence-corrected chi connectivity index (χ3v) is 3.07. The highest BCUT2D eigenvalue weighted by molar-refractivity contribution is 4.68. The minimum atomic E-state index is 0.604. The van der Waals surface area contributed by atoms with Crippen molar-refractivity contribution in [2.75, 3.05) is 20.3 Å². The largest absolute Gasteiger partial charge is 0.383 e. The van der Waals surface area contributed by atoms with Crippen LogP contribution in [0.3, 0.4) is 0 Å². The van der Waals surface area contributed by atoms with Gasteiger partial charge in [0.25, 0.3) is 0 Å². The lowest BCUT2D eigenvalue weighted by molar-refractivity contribution is 0.192. The number of nitrogens with one attached hydrogen (secondary N) is 1. The maximum atomic E-state index is 5.02. The van der Waals surface area contributed by atoms with Crippen LogP contribution in [0.15, 0.2) is 0 Å². The second-order valence-electron chi connectivity index (χ2n) is 5.04. The standard InChI is InChI=1S/C13H29NO/c1-11(2)7-6-8-12(3)13(4)14-9-10-15-5/h11-14H,6-10H2,1-5H3. The van der Waals surface area contributed by atoms with Crippen molar-refractivity contribution >= 4 is 0 Å². The van der Waals surface area contributed by atoms with Crippen molar-refractivity contribution in [3.05, 3.63) is 0 Å². The van der Waals surface area contributed by atoms with Crippen molar-refractivity contribution in [2.45, 2.75) is 53.0 Å². The molecule has 0 aliphatic carbocycles. The molecule has 0 radical (unpaired) electrons. The van der Waals surface area contributed by atoms with Gasteiger partial charge in [0.1, 0.15) is 0 Å². The summed E-state index contributed by atoms with van der Waals surface area (Å²) in [5, 5.41) is 3.50. The third-order valence-electron chi connectivity index (χ3n) is 3.07. The summed E-state index contributed by atoms with van der Waals surface area (Å²) in [6.07, 6.45) is 4.05. The Labute approximate surface area is 95.8 Å². The summed E-state index contributed by atoms with van der Waals surface area (Å²) in [6, 6.07) is 0.604. The SMILES string of the molecule is COCCNC(C)C(C)CCCC(C)C. The highest BCUT2D eigenvalue weighted by atomic mass is 16.5. The van der Waals surface area contributed by atoms with Crippen LogP contribution in [0, 0.1) is 11.8 Å². The van der Waals surface area contributed by atoms with Crippen LogP contribution >= 0.6 is 0 Å². The second kappa shape index (κ2) is 9.17. The van der Waals surface area contributed by atoms with Gasteiger partial charge in [-0.1, -0.05) is 33.6 Å². The highest BCUT2D eigenvalue weighted by Crippen LogP contribution is 2.15. The fourth-order valence-electron chi connectivity index (χ4n) is 1.69. The highest BCUT2D eigenvalue weighted by Gasteiger charge is 2.10. The number of methoxy groups -OCH3 is 1. The van der Waals surface area contributed by atoms with E-state index in [9.17, 15) is 0 Å². The molecule has 0 aromatic rings. The molecule has 0 aliphatic heterocycles. The van der Waals surface area contributed by atoms with Gasteiger partial charge in [0, 0.05) is 19.7 Å². The lowest BCUT2D eigenvalue weighted by atomic mass is 9.94. The first kappa shape index (κ1) is 14.9. The summed E-state index contributed by atoms with van der Waals surface area (Å²) >= 11 is 0. The summed E-state index contributed by atoms with van der Waals surface area (Å²) in [7, 11) is 1.75. The van der Waals surface area contributed by atoms with Gasteiger partial charge in [0.15, 0.2) is 0 Å². The fraction of sp³-hybridized carbons (Fsp3) is 1.00. The Hall–Kier alpha value is -0.0800. The molecule has 2 atom stereocenters. The van der Waals surface area contributed by atoms with E-state index in [4.69, 9.17) is 4.74 Å². The van der Waals surface area contributed by atoms with E-state index in [1.807, 2.05) is 0 Å². The minimum Gasteiger partial charge on any atom is -0.383 e. The van der Waals surface area contributed by atoms with E-state index in [0.29, 0.717) is 6.04 Å². The lowest BCUT2D eigenvalue weighted by Gasteiger charge is -2.21. The Morgan fingerprint density at radius 2 is 1.73 bits per heavy atom. The summed E-state index contributed by atoms with van der Waals surface area (Å²) in [5.74, 6) is 1.61. The average molecular weight is 215 g/mol. The van der Waals surface area contributed by atoms with Gasteiger partial charge in [0.2, 0.25) is 0 Å². The molecule has 0 spiro atoms. The molecule has 92 valence electrons. The van der Waals surface area contributed by atoms with E-state index < -0.39 is 0 Å². The second-order valence-corrected chi connectivity index (χ2v) is 5.04. The molecule has 0 heterocycles. The van der Waals surface area contributed by atoms with Gasteiger partial charge in [-0.05, 0) is 25.2 Å². The van der Waals surface area contributed by atoms with Crippen LogP contribution in [-0.4, -0.2) is 26.3 Å². The number of rotatable bonds is 9. The molecule has 0 saturated carbocycles. The van der Waals surface area contributed by atoms with Crippen molar-refractivity contribution in [1.82, 2.24) is 5.32 Å². The molecule has 2 heteroatoms. The lowest BCUT2D eigenvalue weighted by Crippen LogP contribution is -2.34. The molecule has 15 heavy (non-hydrogen) atoms. The van der Waals surface area contributed by atoms with Crippen LogP contribution in [0.5, 0.6) is 0 Å². The zero-order chi connectivity index (χ0) is 11.7. The molecule has 0 aromatic heterocycles. The predicted molar refractivity (Wildman–Crippen MR) is 67.2 cm³/mol. The molecule has 2 unspecified atom stereocenters. The summed E-state index contributed by atoms with van der Waals surface area (Å²) < 4.78 is 5.02. The Morgan fingerprint density at radius 1 is 1.07 bits per heavy atom. The van der Waals surface area contributed by atoms with Crippen molar-refractivity contribution in [2.24, 2.45) is 11.8 Å². The summed E-state index contributed by atoms with van der Waals surface area (Å²) in [5.41, 5.74) is 0. The van der Waals surface area contributed by atoms with E-state index >= 15 is 0 Å². The molecular weight excluding hydrogens is 186 g/mol. The van der Waals surface area contributed by atoms with Gasteiger partial charge < -0.3 is 10.1 Å². The van der Waals surface area contributed by atoms with Crippen LogP contribution in [0.25, 0.3) is 0 Å². The zero-order valence-corrected chi connectivity index (χ0v) is 11.2. The molecule has 0 rings (SSSR count). The zero-order valence-electron chi connectivity index (χ0n) is 11.2. The Kier molecular flexibility index (Phi) is 9.12. The quantitative estimate of drug-likeness (QED) is 0.597.